The molecule has 7 nitrogen and oxygen atoms in total. The Morgan fingerprint density at radius 3 is 2.16 bits per heavy atom. The minimum Gasteiger partial charge on any atom is -0.807 e. The normalized spacial score (nSPS) is 16.1. The van der Waals surface area contributed by atoms with Gasteiger partial charge >= 0.3 is 37.7 Å². The van der Waals surface area contributed by atoms with Crippen molar-refractivity contribution in [2.45, 2.75) is 43.7 Å². The molecule has 0 spiro atoms. The fourth-order valence-corrected chi connectivity index (χ4v) is 4.30. The van der Waals surface area contributed by atoms with Crippen molar-refractivity contribution >= 4 is 12.9 Å². The second-order valence-corrected chi connectivity index (χ2v) is 9.18. The topological polar surface area (TPSA) is 125 Å². The second kappa shape index (κ2) is 12.5. The summed E-state index contributed by atoms with van der Waals surface area (Å²) in [5.41, 5.74) is 0.783. The summed E-state index contributed by atoms with van der Waals surface area (Å²) < 4.78 is 16.7. The number of hydrogen-bond donors (Lipinski definition) is 3. The zero-order chi connectivity index (χ0) is 20.9. The second-order valence-electron chi connectivity index (χ2n) is 7.67. The molecule has 2 aromatic carbocycles. The molecule has 31 heavy (non-hydrogen) atoms. The molecule has 1 aliphatic carbocycles. The van der Waals surface area contributed by atoms with E-state index in [1.54, 1.807) is 24.3 Å². The maximum absolute atomic E-state index is 11.1. The summed E-state index contributed by atoms with van der Waals surface area (Å²) in [5, 5.41) is 22.9. The van der Waals surface area contributed by atoms with E-state index in [9.17, 15) is 24.6 Å². The van der Waals surface area contributed by atoms with Gasteiger partial charge in [-0.1, -0.05) is 37.1 Å². The first-order chi connectivity index (χ1) is 13.8. The third-order valence-electron chi connectivity index (χ3n) is 5.35. The van der Waals surface area contributed by atoms with Crippen molar-refractivity contribution < 1.29 is 67.0 Å². The quantitative estimate of drug-likeness (QED) is 0.267. The molecule has 0 unspecified atom stereocenters. The molecule has 0 aliphatic heterocycles. The number of hydrogen-bond acceptors (Lipinski definition) is 7. The Bertz CT molecular complexity index is 838. The molecular weight excluding hydrogens is 407 g/mol. The summed E-state index contributed by atoms with van der Waals surface area (Å²) in [6.07, 6.45) is 4.09. The van der Waals surface area contributed by atoms with Crippen molar-refractivity contribution in [1.82, 2.24) is 5.32 Å². The SMILES string of the molecule is O=P([O-])([O-])c1ccc(CC2(NC[C@H](O)COc3ccc(O)cc3)CCCC2)cc1.[Li+].[Li+]. The summed E-state index contributed by atoms with van der Waals surface area (Å²) in [7, 11) is -4.73. The van der Waals surface area contributed by atoms with E-state index < -0.39 is 13.7 Å². The number of phenols is 1. The Morgan fingerprint density at radius 2 is 1.61 bits per heavy atom. The number of nitrogens with one attached hydrogen (secondary N) is 1. The molecule has 0 heterocycles. The number of ether oxygens (including phenoxy) is 1. The van der Waals surface area contributed by atoms with Crippen LogP contribution in [0.25, 0.3) is 0 Å². The van der Waals surface area contributed by atoms with Gasteiger partial charge < -0.3 is 34.6 Å². The molecule has 1 fully saturated rings. The van der Waals surface area contributed by atoms with Gasteiger partial charge in [-0.25, -0.2) is 0 Å². The number of aliphatic hydroxyl groups excluding tert-OH is 1. The van der Waals surface area contributed by atoms with Crippen LogP contribution in [-0.4, -0.2) is 35.0 Å². The zero-order valence-electron chi connectivity index (χ0n) is 18.1. The Morgan fingerprint density at radius 1 is 1.03 bits per heavy atom. The van der Waals surface area contributed by atoms with Gasteiger partial charge in [-0.05, 0) is 62.0 Å². The molecule has 2 aromatic rings. The van der Waals surface area contributed by atoms with Gasteiger partial charge in [0.15, 0.2) is 0 Å². The van der Waals surface area contributed by atoms with Crippen LogP contribution >= 0.6 is 7.60 Å². The van der Waals surface area contributed by atoms with Crippen molar-refractivity contribution in [1.29, 1.82) is 0 Å². The van der Waals surface area contributed by atoms with Gasteiger partial charge in [0.25, 0.3) is 0 Å². The molecule has 1 saturated carbocycles. The first-order valence-electron chi connectivity index (χ1n) is 9.72. The maximum Gasteiger partial charge on any atom is 1.00 e. The Balaban J connectivity index is 0.00000240. The van der Waals surface area contributed by atoms with E-state index in [-0.39, 0.29) is 60.9 Å². The molecule has 158 valence electrons. The Labute approximate surface area is 207 Å². The fraction of sp³-hybridized carbons (Fsp3) is 0.429. The first-order valence-corrected chi connectivity index (χ1v) is 11.3. The summed E-state index contributed by atoms with van der Waals surface area (Å²) in [5.74, 6) is 0.732. The first kappa shape index (κ1) is 28.3. The van der Waals surface area contributed by atoms with Crippen LogP contribution in [0.3, 0.4) is 0 Å². The number of aliphatic hydroxyl groups is 1. The summed E-state index contributed by atoms with van der Waals surface area (Å²) in [4.78, 5) is 22.2. The molecule has 3 N–H and O–H groups in total. The average molecular weight is 433 g/mol. The average Bonchev–Trinajstić information content (AvgIpc) is 3.14. The van der Waals surface area contributed by atoms with Crippen LogP contribution in [0.4, 0.5) is 0 Å². The molecule has 0 aromatic heterocycles. The summed E-state index contributed by atoms with van der Waals surface area (Å²) >= 11 is 0. The minimum atomic E-state index is -4.73. The van der Waals surface area contributed by atoms with E-state index in [4.69, 9.17) is 4.74 Å². The van der Waals surface area contributed by atoms with Gasteiger partial charge in [0.2, 0.25) is 0 Å². The van der Waals surface area contributed by atoms with Crippen molar-refractivity contribution in [3.63, 3.8) is 0 Å². The molecule has 1 atom stereocenters. The molecule has 10 heteroatoms. The van der Waals surface area contributed by atoms with Gasteiger partial charge in [-0.2, -0.15) is 0 Å². The molecule has 0 amide bonds. The molecule has 0 radical (unpaired) electrons. The monoisotopic (exact) mass is 433 g/mol. The van der Waals surface area contributed by atoms with Crippen molar-refractivity contribution in [2.75, 3.05) is 13.2 Å². The van der Waals surface area contributed by atoms with Crippen LogP contribution in [-0.2, 0) is 11.0 Å². The smallest absolute Gasteiger partial charge is 0.807 e. The van der Waals surface area contributed by atoms with E-state index in [1.807, 2.05) is 0 Å². The molecule has 0 bridgehead atoms. The van der Waals surface area contributed by atoms with E-state index in [0.717, 1.165) is 31.2 Å². The van der Waals surface area contributed by atoms with Crippen LogP contribution in [0, 0.1) is 0 Å². The minimum absolute atomic E-state index is 0. The Kier molecular flexibility index (Phi) is 11.4. The largest absolute Gasteiger partial charge is 1.00 e. The van der Waals surface area contributed by atoms with Crippen molar-refractivity contribution in [3.05, 3.63) is 54.1 Å². The predicted molar refractivity (Wildman–Crippen MR) is 106 cm³/mol. The van der Waals surface area contributed by atoms with Crippen LogP contribution in [0.5, 0.6) is 11.5 Å². The van der Waals surface area contributed by atoms with E-state index >= 15 is 0 Å². The van der Waals surface area contributed by atoms with E-state index in [2.05, 4.69) is 5.32 Å². The maximum atomic E-state index is 11.1. The Hall–Kier alpha value is -0.695. The number of rotatable bonds is 9. The van der Waals surface area contributed by atoms with Gasteiger partial charge in [-0.3, -0.25) is 0 Å². The molecule has 0 saturated heterocycles. The number of phenolic OH excluding ortho intramolecular Hbond substituents is 1. The zero-order valence-corrected chi connectivity index (χ0v) is 19.0. The number of aromatic hydroxyl groups is 1. The predicted octanol–water partition coefficient (Wildman–Crippen LogP) is -5.18. The molecule has 1 aliphatic rings. The van der Waals surface area contributed by atoms with Crippen molar-refractivity contribution in [3.8, 4) is 11.5 Å². The van der Waals surface area contributed by atoms with Crippen molar-refractivity contribution in [2.24, 2.45) is 0 Å². The number of β-amino-alcohol motifs (C(OH)–C–C–N with tert-alkyl or cyclic N) is 1. The van der Waals surface area contributed by atoms with Gasteiger partial charge in [0.05, 0.1) is 0 Å². The van der Waals surface area contributed by atoms with Crippen LogP contribution in [0.1, 0.15) is 31.2 Å². The van der Waals surface area contributed by atoms with Crippen LogP contribution in [0.15, 0.2) is 48.5 Å². The standard InChI is InChI=1S/C21H28NO6P.2Li/c23-17-5-7-19(8-6-17)28-15-18(24)14-22-21(11-1-2-12-21)13-16-3-9-20(10-4-16)29(25,26)27;;/h3-10,18,22-24H,1-2,11-15H2,(H2,25,26,27);;/q;2*+1/p-2/t18-;;/m0../s1. The molecule has 3 rings (SSSR count). The fourth-order valence-electron chi connectivity index (χ4n) is 3.78. The van der Waals surface area contributed by atoms with E-state index in [0.29, 0.717) is 18.7 Å². The summed E-state index contributed by atoms with van der Waals surface area (Å²) in [6.45, 7) is 0.497. The summed E-state index contributed by atoms with van der Waals surface area (Å²) in [6, 6.07) is 12.4. The van der Waals surface area contributed by atoms with Crippen LogP contribution in [0.2, 0.25) is 0 Å². The third-order valence-corrected chi connectivity index (χ3v) is 6.28. The number of benzene rings is 2. The third kappa shape index (κ3) is 8.63. The van der Waals surface area contributed by atoms with E-state index in [1.165, 1.54) is 24.3 Å². The van der Waals surface area contributed by atoms with Gasteiger partial charge in [0.1, 0.15) is 24.2 Å². The molecular formula is C21H26Li2NO6P. The van der Waals surface area contributed by atoms with Crippen LogP contribution < -0.4 is 62.9 Å². The van der Waals surface area contributed by atoms with Gasteiger partial charge in [-0.15, -0.1) is 0 Å². The van der Waals surface area contributed by atoms with Gasteiger partial charge in [0, 0.05) is 12.1 Å².